The Labute approximate surface area is 107 Å². The van der Waals surface area contributed by atoms with E-state index in [1.165, 1.54) is 48.7 Å². The van der Waals surface area contributed by atoms with E-state index in [0.717, 1.165) is 0 Å². The third kappa shape index (κ3) is 2.67. The molecule has 1 saturated heterocycles. The molecule has 1 heterocycles. The van der Waals surface area contributed by atoms with Gasteiger partial charge >= 0.3 is 0 Å². The smallest absolute Gasteiger partial charge is 0.0207 e. The number of hydrogen-bond donors (Lipinski definition) is 1. The van der Waals surface area contributed by atoms with Crippen molar-refractivity contribution in [3.63, 3.8) is 0 Å². The first-order chi connectivity index (χ1) is 7.76. The van der Waals surface area contributed by atoms with Crippen molar-refractivity contribution in [2.45, 2.75) is 44.6 Å². The summed E-state index contributed by atoms with van der Waals surface area (Å²) in [5, 5.41) is 3.69. The highest BCUT2D eigenvalue weighted by atomic mass is 79.9. The number of hydrogen-bond acceptors (Lipinski definition) is 1. The van der Waals surface area contributed by atoms with Gasteiger partial charge in [0.1, 0.15) is 0 Å². The minimum absolute atomic E-state index is 0.412. The van der Waals surface area contributed by atoms with Gasteiger partial charge in [0.15, 0.2) is 0 Å². The summed E-state index contributed by atoms with van der Waals surface area (Å²) in [5.41, 5.74) is 1.85. The average Bonchev–Trinajstić information content (AvgIpc) is 2.78. The standard InChI is InChI=1S/C14H20BrN/c1-2-14(9-5-11-16-14)10-8-12-6-3-4-7-13(12)15/h3-4,6-7,16H,2,5,8-11H2,1H3. The molecular formula is C14H20BrN. The maximum absolute atomic E-state index is 3.69. The number of aryl methyl sites for hydroxylation is 1. The Hall–Kier alpha value is -0.340. The molecule has 0 saturated carbocycles. The van der Waals surface area contributed by atoms with Crippen LogP contribution in [0.4, 0.5) is 0 Å². The van der Waals surface area contributed by atoms with Gasteiger partial charge in [0.05, 0.1) is 0 Å². The van der Waals surface area contributed by atoms with E-state index in [1.54, 1.807) is 0 Å². The number of rotatable bonds is 4. The zero-order valence-electron chi connectivity index (χ0n) is 9.93. The van der Waals surface area contributed by atoms with Gasteiger partial charge in [0.25, 0.3) is 0 Å². The molecule has 2 heteroatoms. The second kappa shape index (κ2) is 5.33. The maximum atomic E-state index is 3.69. The van der Waals surface area contributed by atoms with Crippen LogP contribution in [0.5, 0.6) is 0 Å². The largest absolute Gasteiger partial charge is 0.311 e. The fourth-order valence-electron chi connectivity index (χ4n) is 2.64. The summed E-state index contributed by atoms with van der Waals surface area (Å²) < 4.78 is 1.25. The second-order valence-corrected chi connectivity index (χ2v) is 5.61. The van der Waals surface area contributed by atoms with Crippen LogP contribution < -0.4 is 5.32 Å². The maximum Gasteiger partial charge on any atom is 0.0207 e. The number of nitrogens with one attached hydrogen (secondary N) is 1. The van der Waals surface area contributed by atoms with Gasteiger partial charge in [-0.25, -0.2) is 0 Å². The molecule has 1 unspecified atom stereocenters. The lowest BCUT2D eigenvalue weighted by molar-refractivity contribution is 0.336. The summed E-state index contributed by atoms with van der Waals surface area (Å²) in [6, 6.07) is 8.57. The van der Waals surface area contributed by atoms with Crippen molar-refractivity contribution in [1.82, 2.24) is 5.32 Å². The molecule has 1 aromatic rings. The van der Waals surface area contributed by atoms with Crippen LogP contribution in [0.2, 0.25) is 0 Å². The van der Waals surface area contributed by atoms with Crippen LogP contribution in [0.1, 0.15) is 38.2 Å². The molecule has 1 N–H and O–H groups in total. The predicted molar refractivity (Wildman–Crippen MR) is 72.7 cm³/mol. The first-order valence-electron chi connectivity index (χ1n) is 6.24. The quantitative estimate of drug-likeness (QED) is 0.882. The van der Waals surface area contributed by atoms with Crippen LogP contribution in [-0.2, 0) is 6.42 Å². The summed E-state index contributed by atoms with van der Waals surface area (Å²) in [6.45, 7) is 3.50. The minimum atomic E-state index is 0.412. The Kier molecular flexibility index (Phi) is 4.04. The lowest BCUT2D eigenvalue weighted by Gasteiger charge is -2.28. The third-order valence-corrected chi connectivity index (χ3v) is 4.61. The van der Waals surface area contributed by atoms with Crippen molar-refractivity contribution >= 4 is 15.9 Å². The predicted octanol–water partition coefficient (Wildman–Crippen LogP) is 3.91. The van der Waals surface area contributed by atoms with Crippen molar-refractivity contribution in [1.29, 1.82) is 0 Å². The molecule has 0 aliphatic carbocycles. The lowest BCUT2D eigenvalue weighted by atomic mass is 9.87. The Morgan fingerprint density at radius 1 is 1.38 bits per heavy atom. The highest BCUT2D eigenvalue weighted by molar-refractivity contribution is 9.10. The zero-order chi connectivity index (χ0) is 11.4. The highest BCUT2D eigenvalue weighted by Gasteiger charge is 2.30. The van der Waals surface area contributed by atoms with Crippen LogP contribution in [0, 0.1) is 0 Å². The van der Waals surface area contributed by atoms with E-state index in [9.17, 15) is 0 Å². The van der Waals surface area contributed by atoms with Gasteiger partial charge in [-0.3, -0.25) is 0 Å². The molecule has 1 aliphatic heterocycles. The fraction of sp³-hybridized carbons (Fsp3) is 0.571. The molecule has 1 aliphatic rings. The molecule has 0 bridgehead atoms. The first kappa shape index (κ1) is 12.1. The topological polar surface area (TPSA) is 12.0 Å². The Morgan fingerprint density at radius 3 is 2.81 bits per heavy atom. The Bertz CT molecular complexity index is 342. The van der Waals surface area contributed by atoms with E-state index in [1.807, 2.05) is 0 Å². The second-order valence-electron chi connectivity index (χ2n) is 4.76. The monoisotopic (exact) mass is 281 g/mol. The van der Waals surface area contributed by atoms with Crippen LogP contribution in [-0.4, -0.2) is 12.1 Å². The normalized spacial score (nSPS) is 24.9. The summed E-state index contributed by atoms with van der Waals surface area (Å²) in [7, 11) is 0. The zero-order valence-corrected chi connectivity index (χ0v) is 11.5. The van der Waals surface area contributed by atoms with E-state index < -0.39 is 0 Å². The van der Waals surface area contributed by atoms with Gasteiger partial charge in [-0.05, 0) is 50.3 Å². The molecule has 1 atom stereocenters. The van der Waals surface area contributed by atoms with Crippen molar-refractivity contribution in [3.8, 4) is 0 Å². The van der Waals surface area contributed by atoms with E-state index >= 15 is 0 Å². The molecule has 16 heavy (non-hydrogen) atoms. The van der Waals surface area contributed by atoms with Crippen molar-refractivity contribution in [3.05, 3.63) is 34.3 Å². The van der Waals surface area contributed by atoms with Gasteiger partial charge in [0.2, 0.25) is 0 Å². The minimum Gasteiger partial charge on any atom is -0.311 e. The Balaban J connectivity index is 1.98. The molecule has 1 nitrogen and oxygen atoms in total. The van der Waals surface area contributed by atoms with Crippen LogP contribution in [0.3, 0.4) is 0 Å². The first-order valence-corrected chi connectivity index (χ1v) is 7.03. The Morgan fingerprint density at radius 2 is 2.19 bits per heavy atom. The molecule has 0 aromatic heterocycles. The molecule has 0 spiro atoms. The van der Waals surface area contributed by atoms with Crippen LogP contribution in [0.25, 0.3) is 0 Å². The lowest BCUT2D eigenvalue weighted by Crippen LogP contribution is -2.39. The molecule has 0 amide bonds. The molecule has 1 aromatic carbocycles. The SMILES string of the molecule is CCC1(CCc2ccccc2Br)CCCN1. The van der Waals surface area contributed by atoms with Gasteiger partial charge in [-0.1, -0.05) is 41.1 Å². The molecule has 1 fully saturated rings. The average molecular weight is 282 g/mol. The van der Waals surface area contributed by atoms with Crippen molar-refractivity contribution < 1.29 is 0 Å². The molecular weight excluding hydrogens is 262 g/mol. The molecule has 88 valence electrons. The molecule has 2 rings (SSSR count). The van der Waals surface area contributed by atoms with E-state index in [4.69, 9.17) is 0 Å². The van der Waals surface area contributed by atoms with E-state index in [2.05, 4.69) is 52.4 Å². The highest BCUT2D eigenvalue weighted by Crippen LogP contribution is 2.29. The van der Waals surface area contributed by atoms with Gasteiger partial charge < -0.3 is 5.32 Å². The van der Waals surface area contributed by atoms with Crippen LogP contribution in [0.15, 0.2) is 28.7 Å². The van der Waals surface area contributed by atoms with Gasteiger partial charge in [-0.2, -0.15) is 0 Å². The fourth-order valence-corrected chi connectivity index (χ4v) is 3.12. The van der Waals surface area contributed by atoms with Gasteiger partial charge in [0, 0.05) is 10.0 Å². The summed E-state index contributed by atoms with van der Waals surface area (Å²) in [6.07, 6.45) is 6.35. The van der Waals surface area contributed by atoms with Crippen molar-refractivity contribution in [2.24, 2.45) is 0 Å². The number of benzene rings is 1. The summed E-state index contributed by atoms with van der Waals surface area (Å²) >= 11 is 3.62. The molecule has 0 radical (unpaired) electrons. The van der Waals surface area contributed by atoms with Crippen molar-refractivity contribution in [2.75, 3.05) is 6.54 Å². The third-order valence-electron chi connectivity index (χ3n) is 3.84. The van der Waals surface area contributed by atoms with E-state index in [0.29, 0.717) is 5.54 Å². The van der Waals surface area contributed by atoms with Gasteiger partial charge in [-0.15, -0.1) is 0 Å². The van der Waals surface area contributed by atoms with Crippen LogP contribution >= 0.6 is 15.9 Å². The summed E-state index contributed by atoms with van der Waals surface area (Å²) in [4.78, 5) is 0. The van der Waals surface area contributed by atoms with E-state index in [-0.39, 0.29) is 0 Å². The number of halogens is 1. The summed E-state index contributed by atoms with van der Waals surface area (Å²) in [5.74, 6) is 0.